The van der Waals surface area contributed by atoms with Gasteiger partial charge in [-0.1, -0.05) is 20.8 Å². The van der Waals surface area contributed by atoms with Crippen molar-refractivity contribution in [2.75, 3.05) is 26.2 Å². The van der Waals surface area contributed by atoms with Gasteiger partial charge >= 0.3 is 0 Å². The van der Waals surface area contributed by atoms with Crippen molar-refractivity contribution in [3.05, 3.63) is 0 Å². The van der Waals surface area contributed by atoms with Crippen LogP contribution in [0.5, 0.6) is 0 Å². The highest BCUT2D eigenvalue weighted by atomic mass is 16.3. The van der Waals surface area contributed by atoms with Gasteiger partial charge in [-0.15, -0.1) is 0 Å². The van der Waals surface area contributed by atoms with Crippen LogP contribution >= 0.6 is 0 Å². The lowest BCUT2D eigenvalue weighted by Gasteiger charge is -2.40. The van der Waals surface area contributed by atoms with E-state index < -0.39 is 5.60 Å². The second-order valence-electron chi connectivity index (χ2n) is 8.12. The van der Waals surface area contributed by atoms with Gasteiger partial charge in [0.05, 0.1) is 5.60 Å². The van der Waals surface area contributed by atoms with Crippen molar-refractivity contribution in [3.8, 4) is 0 Å². The Kier molecular flexibility index (Phi) is 6.10. The first-order valence-electron chi connectivity index (χ1n) is 9.09. The highest BCUT2D eigenvalue weighted by Gasteiger charge is 2.36. The third-order valence-electron chi connectivity index (χ3n) is 5.65. The monoisotopic (exact) mass is 296 g/mol. The molecule has 1 aliphatic carbocycles. The van der Waals surface area contributed by atoms with Gasteiger partial charge in [0.2, 0.25) is 0 Å². The number of hydrogen-bond acceptors (Lipinski definition) is 3. The predicted octanol–water partition coefficient (Wildman–Crippen LogP) is 2.88. The van der Waals surface area contributed by atoms with E-state index in [-0.39, 0.29) is 0 Å². The summed E-state index contributed by atoms with van der Waals surface area (Å²) in [5.41, 5.74) is -0.460. The fourth-order valence-electron chi connectivity index (χ4n) is 4.23. The first-order valence-corrected chi connectivity index (χ1v) is 9.09. The minimum Gasteiger partial charge on any atom is -0.389 e. The first kappa shape index (κ1) is 17.2. The molecule has 2 aliphatic rings. The Balaban J connectivity index is 1.92. The summed E-state index contributed by atoms with van der Waals surface area (Å²) < 4.78 is 0. The van der Waals surface area contributed by atoms with Crippen molar-refractivity contribution in [2.24, 2.45) is 17.8 Å². The maximum absolute atomic E-state index is 10.2. The molecule has 0 aromatic heterocycles. The summed E-state index contributed by atoms with van der Waals surface area (Å²) in [5, 5.41) is 14.0. The van der Waals surface area contributed by atoms with E-state index in [1.807, 2.05) is 6.92 Å². The average Bonchev–Trinajstić information content (AvgIpc) is 2.76. The molecule has 0 aromatic rings. The number of aliphatic hydroxyl groups is 1. The minimum absolute atomic E-state index is 0.460. The molecule has 3 nitrogen and oxygen atoms in total. The molecule has 4 atom stereocenters. The maximum atomic E-state index is 10.2. The SMILES string of the molecule is CCCNC1CCC(C(C)C)CC1CN1CCC(C)(O)C1. The van der Waals surface area contributed by atoms with Gasteiger partial charge in [0.1, 0.15) is 0 Å². The van der Waals surface area contributed by atoms with E-state index in [1.165, 1.54) is 32.2 Å². The van der Waals surface area contributed by atoms with Crippen LogP contribution in [0.15, 0.2) is 0 Å². The van der Waals surface area contributed by atoms with Crippen LogP contribution in [-0.2, 0) is 0 Å². The second kappa shape index (κ2) is 7.43. The van der Waals surface area contributed by atoms with Crippen LogP contribution in [0.1, 0.15) is 59.8 Å². The molecule has 2 N–H and O–H groups in total. The summed E-state index contributed by atoms with van der Waals surface area (Å²) >= 11 is 0. The van der Waals surface area contributed by atoms with Gasteiger partial charge in [0, 0.05) is 25.7 Å². The van der Waals surface area contributed by atoms with Crippen LogP contribution in [-0.4, -0.2) is 47.8 Å². The van der Waals surface area contributed by atoms with Gasteiger partial charge in [-0.2, -0.15) is 0 Å². The van der Waals surface area contributed by atoms with E-state index in [2.05, 4.69) is 31.0 Å². The topological polar surface area (TPSA) is 35.5 Å². The lowest BCUT2D eigenvalue weighted by molar-refractivity contribution is 0.0608. The molecule has 1 saturated carbocycles. The lowest BCUT2D eigenvalue weighted by atomic mass is 9.73. The van der Waals surface area contributed by atoms with Gasteiger partial charge in [-0.25, -0.2) is 0 Å². The predicted molar refractivity (Wildman–Crippen MR) is 89.4 cm³/mol. The molecule has 3 heteroatoms. The number of rotatable bonds is 6. The highest BCUT2D eigenvalue weighted by Crippen LogP contribution is 2.35. The fourth-order valence-corrected chi connectivity index (χ4v) is 4.23. The molecule has 21 heavy (non-hydrogen) atoms. The molecule has 0 radical (unpaired) electrons. The van der Waals surface area contributed by atoms with Crippen molar-refractivity contribution >= 4 is 0 Å². The summed E-state index contributed by atoms with van der Waals surface area (Å²) in [6.07, 6.45) is 6.22. The maximum Gasteiger partial charge on any atom is 0.0758 e. The molecule has 0 amide bonds. The molecule has 1 heterocycles. The van der Waals surface area contributed by atoms with E-state index >= 15 is 0 Å². The molecule has 0 aromatic carbocycles. The van der Waals surface area contributed by atoms with E-state index in [0.717, 1.165) is 43.8 Å². The van der Waals surface area contributed by atoms with Crippen LogP contribution in [0.3, 0.4) is 0 Å². The molecule has 1 aliphatic heterocycles. The zero-order valence-electron chi connectivity index (χ0n) is 14.6. The van der Waals surface area contributed by atoms with Crippen molar-refractivity contribution < 1.29 is 5.11 Å². The van der Waals surface area contributed by atoms with Crippen LogP contribution < -0.4 is 5.32 Å². The molecule has 4 unspecified atom stereocenters. The van der Waals surface area contributed by atoms with E-state index in [9.17, 15) is 5.11 Å². The third-order valence-corrected chi connectivity index (χ3v) is 5.65. The minimum atomic E-state index is -0.460. The zero-order valence-corrected chi connectivity index (χ0v) is 14.6. The summed E-state index contributed by atoms with van der Waals surface area (Å²) in [6, 6.07) is 0.686. The Hall–Kier alpha value is -0.120. The molecule has 0 bridgehead atoms. The van der Waals surface area contributed by atoms with E-state index in [1.54, 1.807) is 0 Å². The van der Waals surface area contributed by atoms with Crippen LogP contribution in [0.25, 0.3) is 0 Å². The number of β-amino-alcohol motifs (C(OH)–C–C–N with tert-alkyl or cyclic N) is 1. The average molecular weight is 296 g/mol. The first-order chi connectivity index (χ1) is 9.91. The van der Waals surface area contributed by atoms with Gasteiger partial charge in [-0.3, -0.25) is 0 Å². The number of nitrogens with zero attached hydrogens (tertiary/aromatic N) is 1. The Labute approximate surface area is 131 Å². The van der Waals surface area contributed by atoms with Gasteiger partial charge in [-0.05, 0) is 63.3 Å². The fraction of sp³-hybridized carbons (Fsp3) is 1.00. The zero-order chi connectivity index (χ0) is 15.5. The van der Waals surface area contributed by atoms with Crippen molar-refractivity contribution in [1.29, 1.82) is 0 Å². The summed E-state index contributed by atoms with van der Waals surface area (Å²) in [5.74, 6) is 2.45. The normalized spacial score (nSPS) is 38.3. The van der Waals surface area contributed by atoms with Crippen molar-refractivity contribution in [3.63, 3.8) is 0 Å². The van der Waals surface area contributed by atoms with Gasteiger partial charge < -0.3 is 15.3 Å². The molecule has 0 spiro atoms. The van der Waals surface area contributed by atoms with Gasteiger partial charge in [0.25, 0.3) is 0 Å². The summed E-state index contributed by atoms with van der Waals surface area (Å²) in [6.45, 7) is 13.2. The molecule has 1 saturated heterocycles. The van der Waals surface area contributed by atoms with Crippen molar-refractivity contribution in [1.82, 2.24) is 10.2 Å². The smallest absolute Gasteiger partial charge is 0.0758 e. The number of hydrogen-bond donors (Lipinski definition) is 2. The quantitative estimate of drug-likeness (QED) is 0.791. The van der Waals surface area contributed by atoms with E-state index in [0.29, 0.717) is 6.04 Å². The Morgan fingerprint density at radius 1 is 1.33 bits per heavy atom. The van der Waals surface area contributed by atoms with Crippen LogP contribution in [0, 0.1) is 17.8 Å². The molecular formula is C18H36N2O. The second-order valence-corrected chi connectivity index (χ2v) is 8.12. The third kappa shape index (κ3) is 4.94. The summed E-state index contributed by atoms with van der Waals surface area (Å²) in [4.78, 5) is 2.49. The number of nitrogens with one attached hydrogen (secondary N) is 1. The Bertz CT molecular complexity index is 316. The Morgan fingerprint density at radius 3 is 2.67 bits per heavy atom. The van der Waals surface area contributed by atoms with Crippen LogP contribution in [0.2, 0.25) is 0 Å². The molecule has 2 rings (SSSR count). The summed E-state index contributed by atoms with van der Waals surface area (Å²) in [7, 11) is 0. The van der Waals surface area contributed by atoms with Gasteiger partial charge in [0.15, 0.2) is 0 Å². The number of likely N-dealkylation sites (tertiary alicyclic amines) is 1. The standard InChI is InChI=1S/C18H36N2O/c1-5-9-19-17-7-6-15(14(2)3)11-16(17)12-20-10-8-18(4,21)13-20/h14-17,19,21H,5-13H2,1-4H3. The molecular weight excluding hydrogens is 260 g/mol. The van der Waals surface area contributed by atoms with Crippen LogP contribution in [0.4, 0.5) is 0 Å². The largest absolute Gasteiger partial charge is 0.389 e. The molecule has 2 fully saturated rings. The molecule has 124 valence electrons. The van der Waals surface area contributed by atoms with E-state index in [4.69, 9.17) is 0 Å². The highest BCUT2D eigenvalue weighted by molar-refractivity contribution is 4.91. The Morgan fingerprint density at radius 2 is 2.10 bits per heavy atom. The lowest BCUT2D eigenvalue weighted by Crippen LogP contribution is -2.46. The van der Waals surface area contributed by atoms with Crippen molar-refractivity contribution in [2.45, 2.75) is 71.4 Å².